The SMILES string of the molecule is CSCCn1c(=O)n(C2CCNCC2)c2ccccc21. The maximum Gasteiger partial charge on any atom is 0.329 e. The maximum atomic E-state index is 12.8. The molecule has 0 amide bonds. The highest BCUT2D eigenvalue weighted by atomic mass is 32.2. The molecule has 108 valence electrons. The lowest BCUT2D eigenvalue weighted by molar-refractivity contribution is 0.365. The number of thioether (sulfide) groups is 1. The van der Waals surface area contributed by atoms with E-state index in [1.807, 2.05) is 21.3 Å². The smallest absolute Gasteiger partial charge is 0.317 e. The standard InChI is InChI=1S/C15H21N3OS/c1-20-11-10-17-13-4-2-3-5-14(13)18(15(17)19)12-6-8-16-9-7-12/h2-5,12,16H,6-11H2,1H3. The van der Waals surface area contributed by atoms with Crippen LogP contribution in [-0.2, 0) is 6.54 Å². The van der Waals surface area contributed by atoms with Crippen LogP contribution in [0.15, 0.2) is 29.1 Å². The Balaban J connectivity index is 2.10. The van der Waals surface area contributed by atoms with Crippen LogP contribution < -0.4 is 11.0 Å². The van der Waals surface area contributed by atoms with Crippen LogP contribution in [0.4, 0.5) is 0 Å². The van der Waals surface area contributed by atoms with Crippen molar-refractivity contribution in [3.05, 3.63) is 34.7 Å². The summed E-state index contributed by atoms with van der Waals surface area (Å²) >= 11 is 1.78. The number of nitrogens with one attached hydrogen (secondary N) is 1. The van der Waals surface area contributed by atoms with Crippen molar-refractivity contribution < 1.29 is 0 Å². The van der Waals surface area contributed by atoms with Crippen LogP contribution in [0.2, 0.25) is 0 Å². The Morgan fingerprint density at radius 3 is 2.65 bits per heavy atom. The predicted octanol–water partition coefficient (Wildman–Crippen LogP) is 2.09. The molecule has 2 heterocycles. The van der Waals surface area contributed by atoms with Gasteiger partial charge in [0.2, 0.25) is 0 Å². The molecular formula is C15H21N3OS. The Morgan fingerprint density at radius 1 is 1.25 bits per heavy atom. The van der Waals surface area contributed by atoms with E-state index in [0.29, 0.717) is 6.04 Å². The molecule has 0 radical (unpaired) electrons. The first-order valence-electron chi connectivity index (χ1n) is 7.22. The lowest BCUT2D eigenvalue weighted by Gasteiger charge is -2.23. The van der Waals surface area contributed by atoms with Gasteiger partial charge in [-0.3, -0.25) is 9.13 Å². The second-order valence-corrected chi connectivity index (χ2v) is 6.25. The summed E-state index contributed by atoms with van der Waals surface area (Å²) in [6.45, 7) is 2.79. The van der Waals surface area contributed by atoms with Gasteiger partial charge in [0, 0.05) is 18.3 Å². The van der Waals surface area contributed by atoms with Gasteiger partial charge in [-0.1, -0.05) is 12.1 Å². The Kier molecular flexibility index (Phi) is 4.17. The fraction of sp³-hybridized carbons (Fsp3) is 0.533. The average Bonchev–Trinajstić information content (AvgIpc) is 2.78. The molecule has 2 aromatic rings. The van der Waals surface area contributed by atoms with Crippen LogP contribution in [0.25, 0.3) is 11.0 Å². The lowest BCUT2D eigenvalue weighted by atomic mass is 10.1. The van der Waals surface area contributed by atoms with Crippen LogP contribution >= 0.6 is 11.8 Å². The molecular weight excluding hydrogens is 270 g/mol. The first kappa shape index (κ1) is 13.8. The Bertz CT molecular complexity index is 640. The molecule has 20 heavy (non-hydrogen) atoms. The molecule has 1 fully saturated rings. The quantitative estimate of drug-likeness (QED) is 0.937. The topological polar surface area (TPSA) is 39.0 Å². The van der Waals surface area contributed by atoms with E-state index in [4.69, 9.17) is 0 Å². The minimum absolute atomic E-state index is 0.159. The molecule has 1 saturated heterocycles. The number of piperidine rings is 1. The zero-order chi connectivity index (χ0) is 13.9. The van der Waals surface area contributed by atoms with Crippen molar-refractivity contribution in [2.45, 2.75) is 25.4 Å². The first-order valence-corrected chi connectivity index (χ1v) is 8.61. The van der Waals surface area contributed by atoms with Crippen molar-refractivity contribution in [1.82, 2.24) is 14.5 Å². The van der Waals surface area contributed by atoms with Crippen LogP contribution in [0, 0.1) is 0 Å². The fourth-order valence-corrected chi connectivity index (χ4v) is 3.41. The molecule has 1 aliphatic rings. The third-order valence-corrected chi connectivity index (χ3v) is 4.65. The molecule has 1 aromatic carbocycles. The Labute approximate surface area is 123 Å². The zero-order valence-electron chi connectivity index (χ0n) is 11.8. The number of rotatable bonds is 4. The number of hydrogen-bond donors (Lipinski definition) is 1. The van der Waals surface area contributed by atoms with E-state index in [1.165, 1.54) is 0 Å². The maximum absolute atomic E-state index is 12.8. The van der Waals surface area contributed by atoms with Crippen LogP contribution in [0.5, 0.6) is 0 Å². The third kappa shape index (κ3) is 2.40. The van der Waals surface area contributed by atoms with Gasteiger partial charge in [-0.15, -0.1) is 0 Å². The van der Waals surface area contributed by atoms with Crippen molar-refractivity contribution in [1.29, 1.82) is 0 Å². The number of benzene rings is 1. The lowest BCUT2D eigenvalue weighted by Crippen LogP contribution is -2.35. The zero-order valence-corrected chi connectivity index (χ0v) is 12.7. The van der Waals surface area contributed by atoms with Gasteiger partial charge >= 0.3 is 5.69 Å². The molecule has 0 saturated carbocycles. The summed E-state index contributed by atoms with van der Waals surface area (Å²) in [5.41, 5.74) is 2.32. The van der Waals surface area contributed by atoms with Crippen LogP contribution in [0.1, 0.15) is 18.9 Å². The summed E-state index contributed by atoms with van der Waals surface area (Å²) in [5, 5.41) is 3.37. The van der Waals surface area contributed by atoms with E-state index >= 15 is 0 Å². The van der Waals surface area contributed by atoms with Crippen molar-refractivity contribution in [3.63, 3.8) is 0 Å². The van der Waals surface area contributed by atoms with Gasteiger partial charge in [0.1, 0.15) is 0 Å². The van der Waals surface area contributed by atoms with Crippen molar-refractivity contribution in [2.24, 2.45) is 0 Å². The second-order valence-electron chi connectivity index (χ2n) is 5.27. The van der Waals surface area contributed by atoms with Gasteiger partial charge in [-0.05, 0) is 44.3 Å². The predicted molar refractivity (Wildman–Crippen MR) is 85.7 cm³/mol. The van der Waals surface area contributed by atoms with Gasteiger partial charge < -0.3 is 5.32 Å². The molecule has 0 aliphatic carbocycles. The highest BCUT2D eigenvalue weighted by molar-refractivity contribution is 7.98. The summed E-state index contributed by atoms with van der Waals surface area (Å²) in [5.74, 6) is 0.972. The fourth-order valence-electron chi connectivity index (χ4n) is 3.05. The minimum atomic E-state index is 0.159. The summed E-state index contributed by atoms with van der Waals surface area (Å²) in [7, 11) is 0. The van der Waals surface area contributed by atoms with E-state index in [2.05, 4.69) is 23.7 Å². The summed E-state index contributed by atoms with van der Waals surface area (Å²) < 4.78 is 3.96. The largest absolute Gasteiger partial charge is 0.329 e. The normalized spacial score (nSPS) is 16.9. The highest BCUT2D eigenvalue weighted by Crippen LogP contribution is 2.23. The molecule has 1 aliphatic heterocycles. The van der Waals surface area contributed by atoms with Crippen molar-refractivity contribution in [2.75, 3.05) is 25.1 Å². The average molecular weight is 291 g/mol. The van der Waals surface area contributed by atoms with Crippen molar-refractivity contribution >= 4 is 22.8 Å². The van der Waals surface area contributed by atoms with Gasteiger partial charge in [0.15, 0.2) is 0 Å². The molecule has 0 spiro atoms. The number of para-hydroxylation sites is 2. The molecule has 0 bridgehead atoms. The van der Waals surface area contributed by atoms with Gasteiger partial charge in [0.05, 0.1) is 11.0 Å². The molecule has 4 nitrogen and oxygen atoms in total. The van der Waals surface area contributed by atoms with E-state index in [1.54, 1.807) is 11.8 Å². The van der Waals surface area contributed by atoms with Gasteiger partial charge in [-0.2, -0.15) is 11.8 Å². The van der Waals surface area contributed by atoms with E-state index in [0.717, 1.165) is 49.3 Å². The second kappa shape index (κ2) is 6.06. The summed E-state index contributed by atoms with van der Waals surface area (Å²) in [6.07, 6.45) is 4.16. The minimum Gasteiger partial charge on any atom is -0.317 e. The molecule has 1 N–H and O–H groups in total. The number of nitrogens with zero attached hydrogens (tertiary/aromatic N) is 2. The number of fused-ring (bicyclic) bond motifs is 1. The van der Waals surface area contributed by atoms with E-state index in [9.17, 15) is 4.79 Å². The highest BCUT2D eigenvalue weighted by Gasteiger charge is 2.21. The summed E-state index contributed by atoms with van der Waals surface area (Å²) in [6, 6.07) is 8.52. The number of aromatic nitrogens is 2. The number of aryl methyl sites for hydroxylation is 1. The Morgan fingerprint density at radius 2 is 1.95 bits per heavy atom. The molecule has 0 unspecified atom stereocenters. The molecule has 0 atom stereocenters. The van der Waals surface area contributed by atoms with E-state index < -0.39 is 0 Å². The molecule has 3 rings (SSSR count). The van der Waals surface area contributed by atoms with E-state index in [-0.39, 0.29) is 5.69 Å². The van der Waals surface area contributed by atoms with Gasteiger partial charge in [0.25, 0.3) is 0 Å². The molecule has 1 aromatic heterocycles. The monoisotopic (exact) mass is 291 g/mol. The van der Waals surface area contributed by atoms with Crippen molar-refractivity contribution in [3.8, 4) is 0 Å². The first-order chi connectivity index (χ1) is 9.83. The molecule has 5 heteroatoms. The van der Waals surface area contributed by atoms with Gasteiger partial charge in [-0.25, -0.2) is 4.79 Å². The number of imidazole rings is 1. The third-order valence-electron chi connectivity index (χ3n) is 4.06. The van der Waals surface area contributed by atoms with Crippen LogP contribution in [-0.4, -0.2) is 34.2 Å². The summed E-state index contributed by atoms with van der Waals surface area (Å²) in [4.78, 5) is 12.8. The van der Waals surface area contributed by atoms with Crippen LogP contribution in [0.3, 0.4) is 0 Å². The number of hydrogen-bond acceptors (Lipinski definition) is 3. The Hall–Kier alpha value is -1.20.